The van der Waals surface area contributed by atoms with Gasteiger partial charge in [0.25, 0.3) is 5.91 Å². The first-order valence-corrected chi connectivity index (χ1v) is 11.1. The number of piperazine rings is 1. The van der Waals surface area contributed by atoms with Crippen molar-refractivity contribution in [2.24, 2.45) is 5.92 Å². The van der Waals surface area contributed by atoms with Crippen molar-refractivity contribution in [3.05, 3.63) is 29.8 Å². The van der Waals surface area contributed by atoms with Gasteiger partial charge < -0.3 is 14.7 Å². The van der Waals surface area contributed by atoms with Gasteiger partial charge in [0, 0.05) is 23.8 Å². The van der Waals surface area contributed by atoms with Crippen molar-refractivity contribution in [1.29, 1.82) is 0 Å². The van der Waals surface area contributed by atoms with Crippen LogP contribution >= 0.6 is 0 Å². The number of fused-ring (bicyclic) bond motifs is 1. The van der Waals surface area contributed by atoms with Gasteiger partial charge >= 0.3 is 0 Å². The molecule has 1 N–H and O–H groups in total. The molecule has 2 heterocycles. The molecule has 3 fully saturated rings. The van der Waals surface area contributed by atoms with Crippen LogP contribution in [0.3, 0.4) is 0 Å². The minimum atomic E-state index is 0.109. The first-order valence-electron chi connectivity index (χ1n) is 11.1. The van der Waals surface area contributed by atoms with Crippen molar-refractivity contribution in [2.45, 2.75) is 51.5 Å². The molecule has 5 heteroatoms. The number of piperidine rings is 1. The molecule has 1 aromatic carbocycles. The second kappa shape index (κ2) is 8.64. The summed E-state index contributed by atoms with van der Waals surface area (Å²) < 4.78 is 0. The summed E-state index contributed by atoms with van der Waals surface area (Å²) in [5, 5.41) is 0. The molecule has 152 valence electrons. The van der Waals surface area contributed by atoms with Gasteiger partial charge in [0.05, 0.1) is 26.2 Å². The van der Waals surface area contributed by atoms with E-state index in [4.69, 9.17) is 0 Å². The lowest BCUT2D eigenvalue weighted by Crippen LogP contribution is -3.16. The van der Waals surface area contributed by atoms with Gasteiger partial charge in [0.15, 0.2) is 12.3 Å². The maximum Gasteiger partial charge on any atom is 0.278 e. The quantitative estimate of drug-likeness (QED) is 0.805. The highest BCUT2D eigenvalue weighted by molar-refractivity contribution is 5.94. The van der Waals surface area contributed by atoms with Crippen molar-refractivity contribution in [3.8, 4) is 0 Å². The summed E-state index contributed by atoms with van der Waals surface area (Å²) in [6, 6.07) is 8.44. The lowest BCUT2D eigenvalue weighted by molar-refractivity contribution is -0.892. The third-order valence-corrected chi connectivity index (χ3v) is 7.07. The van der Waals surface area contributed by atoms with Crippen LogP contribution in [-0.2, 0) is 4.79 Å². The van der Waals surface area contributed by atoms with Crippen LogP contribution < -0.4 is 9.80 Å². The number of hydrogen-bond acceptors (Lipinski definition) is 3. The topological polar surface area (TPSA) is 45.1 Å². The van der Waals surface area contributed by atoms with E-state index in [1.165, 1.54) is 49.1 Å². The van der Waals surface area contributed by atoms with Gasteiger partial charge in [0.2, 0.25) is 0 Å². The second-order valence-corrected chi connectivity index (χ2v) is 8.86. The van der Waals surface area contributed by atoms with Crippen LogP contribution in [0.5, 0.6) is 0 Å². The number of carbonyl (C=O) groups is 2. The molecule has 2 atom stereocenters. The van der Waals surface area contributed by atoms with E-state index in [0.717, 1.165) is 44.2 Å². The van der Waals surface area contributed by atoms with Crippen molar-refractivity contribution in [2.75, 3.05) is 44.2 Å². The average Bonchev–Trinajstić information content (AvgIpc) is 2.74. The molecule has 3 aliphatic rings. The van der Waals surface area contributed by atoms with Crippen molar-refractivity contribution < 1.29 is 14.5 Å². The first kappa shape index (κ1) is 19.4. The Labute approximate surface area is 168 Å². The molecular formula is C23H34N3O2+. The molecule has 1 amide bonds. The van der Waals surface area contributed by atoms with Crippen LogP contribution in [-0.4, -0.2) is 61.9 Å². The Kier molecular flexibility index (Phi) is 6.00. The summed E-state index contributed by atoms with van der Waals surface area (Å²) in [6.07, 6.45) is 7.69. The van der Waals surface area contributed by atoms with E-state index in [1.807, 2.05) is 24.3 Å². The number of nitrogens with one attached hydrogen (secondary N) is 1. The zero-order valence-electron chi connectivity index (χ0n) is 17.2. The van der Waals surface area contributed by atoms with Crippen molar-refractivity contribution in [3.63, 3.8) is 0 Å². The van der Waals surface area contributed by atoms with Gasteiger partial charge in [-0.25, -0.2) is 0 Å². The molecule has 0 unspecified atom stereocenters. The Morgan fingerprint density at radius 1 is 0.964 bits per heavy atom. The predicted octanol–water partition coefficient (Wildman–Crippen LogP) is 1.78. The zero-order valence-corrected chi connectivity index (χ0v) is 17.2. The number of Topliss-reactive ketones (excluding diaryl/α,β-unsaturated/α-hetero) is 1. The van der Waals surface area contributed by atoms with E-state index in [1.54, 1.807) is 6.92 Å². The molecule has 5 nitrogen and oxygen atoms in total. The molecule has 1 saturated carbocycles. The third-order valence-electron chi connectivity index (χ3n) is 7.07. The number of anilines is 1. The molecule has 0 spiro atoms. The number of nitrogens with zero attached hydrogens (tertiary/aromatic N) is 2. The fraction of sp³-hybridized carbons (Fsp3) is 0.652. The summed E-state index contributed by atoms with van der Waals surface area (Å²) >= 11 is 0. The Bertz CT molecular complexity index is 692. The lowest BCUT2D eigenvalue weighted by Gasteiger charge is -2.44. The standard InChI is InChI=1S/C23H33N3O2/c1-18(27)19-8-10-21(11-9-19)25-15-13-24(14-16-25)17-23(28)26-12-4-6-20-5-2-3-7-22(20)26/h8-11,20,22H,2-7,12-17H2,1H3/p+1/t20-,22-/m0/s1. The molecule has 2 aliphatic heterocycles. The summed E-state index contributed by atoms with van der Waals surface area (Å²) in [6.45, 7) is 7.17. The van der Waals surface area contributed by atoms with Gasteiger partial charge in [-0.3, -0.25) is 9.59 Å². The van der Waals surface area contributed by atoms with E-state index >= 15 is 0 Å². The van der Waals surface area contributed by atoms with Gasteiger partial charge in [-0.15, -0.1) is 0 Å². The van der Waals surface area contributed by atoms with Crippen LogP contribution in [0.1, 0.15) is 55.8 Å². The molecule has 0 radical (unpaired) electrons. The highest BCUT2D eigenvalue weighted by Crippen LogP contribution is 2.35. The number of ketones is 1. The molecule has 1 aliphatic carbocycles. The molecule has 0 bridgehead atoms. The van der Waals surface area contributed by atoms with E-state index in [9.17, 15) is 9.59 Å². The van der Waals surface area contributed by atoms with Crippen LogP contribution in [0.25, 0.3) is 0 Å². The Balaban J connectivity index is 1.29. The Morgan fingerprint density at radius 2 is 1.64 bits per heavy atom. The van der Waals surface area contributed by atoms with Crippen LogP contribution in [0.15, 0.2) is 24.3 Å². The molecule has 1 aromatic rings. The number of rotatable bonds is 4. The maximum absolute atomic E-state index is 13.0. The summed E-state index contributed by atoms with van der Waals surface area (Å²) in [5.74, 6) is 1.25. The van der Waals surface area contributed by atoms with Crippen molar-refractivity contribution >= 4 is 17.4 Å². The monoisotopic (exact) mass is 384 g/mol. The highest BCUT2D eigenvalue weighted by atomic mass is 16.2. The second-order valence-electron chi connectivity index (χ2n) is 8.86. The van der Waals surface area contributed by atoms with E-state index in [-0.39, 0.29) is 5.78 Å². The Hall–Kier alpha value is -1.88. The van der Waals surface area contributed by atoms with Gasteiger partial charge in [-0.05, 0) is 62.8 Å². The van der Waals surface area contributed by atoms with E-state index in [2.05, 4.69) is 9.80 Å². The fourth-order valence-electron chi connectivity index (χ4n) is 5.41. The normalized spacial score (nSPS) is 26.0. The van der Waals surface area contributed by atoms with Gasteiger partial charge in [0.1, 0.15) is 0 Å². The van der Waals surface area contributed by atoms with Crippen molar-refractivity contribution in [1.82, 2.24) is 4.90 Å². The zero-order chi connectivity index (χ0) is 19.5. The third kappa shape index (κ3) is 4.24. The molecular weight excluding hydrogens is 350 g/mol. The SMILES string of the molecule is CC(=O)c1ccc(N2CC[NH+](CC(=O)N3CCC[C@@H]4CCCC[C@@H]43)CC2)cc1. The number of quaternary nitrogens is 1. The first-order chi connectivity index (χ1) is 13.6. The largest absolute Gasteiger partial charge is 0.360 e. The molecule has 4 rings (SSSR count). The van der Waals surface area contributed by atoms with E-state index < -0.39 is 0 Å². The van der Waals surface area contributed by atoms with Gasteiger partial charge in [-0.2, -0.15) is 0 Å². The number of benzene rings is 1. The minimum absolute atomic E-state index is 0.109. The number of likely N-dealkylation sites (tertiary alicyclic amines) is 1. The smallest absolute Gasteiger partial charge is 0.278 e. The predicted molar refractivity (Wildman–Crippen MR) is 111 cm³/mol. The number of carbonyl (C=O) groups excluding carboxylic acids is 2. The summed E-state index contributed by atoms with van der Waals surface area (Å²) in [4.78, 5) is 30.5. The van der Waals surface area contributed by atoms with E-state index in [0.29, 0.717) is 18.5 Å². The lowest BCUT2D eigenvalue weighted by atomic mass is 9.78. The molecule has 28 heavy (non-hydrogen) atoms. The molecule has 0 aromatic heterocycles. The van der Waals surface area contributed by atoms with Crippen LogP contribution in [0.4, 0.5) is 5.69 Å². The van der Waals surface area contributed by atoms with Crippen LogP contribution in [0.2, 0.25) is 0 Å². The maximum atomic E-state index is 13.0. The fourth-order valence-corrected chi connectivity index (χ4v) is 5.41. The summed E-state index contributed by atoms with van der Waals surface area (Å²) in [5.41, 5.74) is 1.94. The Morgan fingerprint density at radius 3 is 2.36 bits per heavy atom. The molecule has 2 saturated heterocycles. The van der Waals surface area contributed by atoms with Gasteiger partial charge in [-0.1, -0.05) is 12.8 Å². The average molecular weight is 385 g/mol. The number of hydrogen-bond donors (Lipinski definition) is 1. The van der Waals surface area contributed by atoms with Crippen LogP contribution in [0, 0.1) is 5.92 Å². The minimum Gasteiger partial charge on any atom is -0.360 e. The highest BCUT2D eigenvalue weighted by Gasteiger charge is 2.37. The summed E-state index contributed by atoms with van der Waals surface area (Å²) in [7, 11) is 0. The number of amides is 1.